The number of ether oxygens (including phenoxy) is 1. The number of carbonyl (C=O) groups excluding carboxylic acids is 1. The first kappa shape index (κ1) is 11.2. The molecule has 0 aliphatic heterocycles. The van der Waals surface area contributed by atoms with E-state index in [1.807, 2.05) is 18.2 Å². The minimum atomic E-state index is -0.339. The number of methoxy groups -OCH3 is 1. The maximum Gasteiger partial charge on any atom is 0.337 e. The number of aromatic nitrogens is 2. The largest absolute Gasteiger partial charge is 0.465 e. The molecule has 0 bridgehead atoms. The predicted octanol–water partition coefficient (Wildman–Crippen LogP) is 3.27. The molecule has 0 spiro atoms. The molecule has 3 rings (SSSR count). The van der Waals surface area contributed by atoms with Gasteiger partial charge in [-0.15, -0.1) is 0 Å². The monoisotopic (exact) mass is 304 g/mol. The van der Waals surface area contributed by atoms with Crippen molar-refractivity contribution in [1.29, 1.82) is 0 Å². The summed E-state index contributed by atoms with van der Waals surface area (Å²) in [5, 5.41) is 1.94. The number of H-pyrrole nitrogens is 1. The smallest absolute Gasteiger partial charge is 0.337 e. The van der Waals surface area contributed by atoms with E-state index in [0.29, 0.717) is 5.56 Å². The quantitative estimate of drug-likeness (QED) is 0.702. The third kappa shape index (κ3) is 1.67. The Morgan fingerprint density at radius 3 is 2.94 bits per heavy atom. The molecule has 0 saturated heterocycles. The van der Waals surface area contributed by atoms with Gasteiger partial charge in [0.05, 0.1) is 12.7 Å². The van der Waals surface area contributed by atoms with E-state index in [1.165, 1.54) is 7.11 Å². The lowest BCUT2D eigenvalue weighted by Crippen LogP contribution is -2.00. The number of hydrogen-bond donors (Lipinski definition) is 1. The van der Waals surface area contributed by atoms with Gasteiger partial charge in [-0.2, -0.15) is 0 Å². The van der Waals surface area contributed by atoms with Gasteiger partial charge in [0.1, 0.15) is 5.65 Å². The summed E-state index contributed by atoms with van der Waals surface area (Å²) in [6.07, 6.45) is 1.74. The summed E-state index contributed by atoms with van der Waals surface area (Å²) in [5.41, 5.74) is 2.28. The molecular weight excluding hydrogens is 296 g/mol. The second-order valence-electron chi connectivity index (χ2n) is 3.93. The van der Waals surface area contributed by atoms with Gasteiger partial charge in [-0.3, -0.25) is 0 Å². The standard InChI is InChI=1S/C13H9BrN2O2/c1-18-13(17)7-2-3-11-9(4-7)10-5-8(14)6-15-12(10)16-11/h2-6H,1H3,(H,15,16). The van der Waals surface area contributed by atoms with Crippen LogP contribution in [-0.2, 0) is 4.74 Å². The highest BCUT2D eigenvalue weighted by molar-refractivity contribution is 9.10. The van der Waals surface area contributed by atoms with Gasteiger partial charge >= 0.3 is 5.97 Å². The third-order valence-electron chi connectivity index (χ3n) is 2.84. The van der Waals surface area contributed by atoms with Crippen LogP contribution >= 0.6 is 15.9 Å². The van der Waals surface area contributed by atoms with Gasteiger partial charge in [0.15, 0.2) is 0 Å². The number of hydrogen-bond acceptors (Lipinski definition) is 3. The van der Waals surface area contributed by atoms with Crippen molar-refractivity contribution in [2.45, 2.75) is 0 Å². The zero-order valence-electron chi connectivity index (χ0n) is 9.53. The van der Waals surface area contributed by atoms with Crippen molar-refractivity contribution >= 4 is 43.8 Å². The van der Waals surface area contributed by atoms with Crippen LogP contribution in [0.4, 0.5) is 0 Å². The Bertz CT molecular complexity index is 764. The lowest BCUT2D eigenvalue weighted by molar-refractivity contribution is 0.0601. The lowest BCUT2D eigenvalue weighted by Gasteiger charge is -1.99. The Hall–Kier alpha value is -1.88. The van der Waals surface area contributed by atoms with Crippen LogP contribution in [0.2, 0.25) is 0 Å². The van der Waals surface area contributed by atoms with E-state index in [1.54, 1.807) is 12.3 Å². The Kier molecular flexibility index (Phi) is 2.56. The van der Waals surface area contributed by atoms with Crippen LogP contribution in [0, 0.1) is 0 Å². The average Bonchev–Trinajstić information content (AvgIpc) is 2.75. The fraction of sp³-hybridized carbons (Fsp3) is 0.0769. The highest BCUT2D eigenvalue weighted by atomic mass is 79.9. The van der Waals surface area contributed by atoms with E-state index in [4.69, 9.17) is 4.74 Å². The minimum absolute atomic E-state index is 0.339. The van der Waals surface area contributed by atoms with Gasteiger partial charge < -0.3 is 9.72 Å². The molecule has 1 N–H and O–H groups in total. The van der Waals surface area contributed by atoms with Crippen LogP contribution in [0.25, 0.3) is 21.9 Å². The van der Waals surface area contributed by atoms with E-state index in [-0.39, 0.29) is 5.97 Å². The molecule has 4 nitrogen and oxygen atoms in total. The zero-order valence-corrected chi connectivity index (χ0v) is 11.1. The summed E-state index contributed by atoms with van der Waals surface area (Å²) in [7, 11) is 1.37. The maximum atomic E-state index is 11.5. The summed E-state index contributed by atoms with van der Waals surface area (Å²) in [4.78, 5) is 19.0. The number of fused-ring (bicyclic) bond motifs is 3. The van der Waals surface area contributed by atoms with Crippen LogP contribution in [-0.4, -0.2) is 23.0 Å². The van der Waals surface area contributed by atoms with Crippen molar-refractivity contribution in [3.05, 3.63) is 40.5 Å². The maximum absolute atomic E-state index is 11.5. The molecule has 0 aliphatic carbocycles. The summed E-state index contributed by atoms with van der Waals surface area (Å²) in [6, 6.07) is 7.38. The van der Waals surface area contributed by atoms with Gasteiger partial charge in [-0.1, -0.05) is 0 Å². The topological polar surface area (TPSA) is 55.0 Å². The molecule has 0 saturated carbocycles. The molecule has 0 radical (unpaired) electrons. The van der Waals surface area contributed by atoms with Crippen LogP contribution in [0.15, 0.2) is 34.9 Å². The SMILES string of the molecule is COC(=O)c1ccc2[nH]c3ncc(Br)cc3c2c1. The molecule has 0 amide bonds. The average molecular weight is 305 g/mol. The lowest BCUT2D eigenvalue weighted by atomic mass is 10.1. The zero-order chi connectivity index (χ0) is 12.7. The van der Waals surface area contributed by atoms with Crippen molar-refractivity contribution in [1.82, 2.24) is 9.97 Å². The van der Waals surface area contributed by atoms with Crippen LogP contribution in [0.3, 0.4) is 0 Å². The van der Waals surface area contributed by atoms with Crippen molar-refractivity contribution in [3.63, 3.8) is 0 Å². The molecule has 2 aromatic heterocycles. The first-order valence-corrected chi connectivity index (χ1v) is 6.13. The first-order chi connectivity index (χ1) is 8.69. The van der Waals surface area contributed by atoms with Crippen LogP contribution < -0.4 is 0 Å². The summed E-state index contributed by atoms with van der Waals surface area (Å²) >= 11 is 3.40. The van der Waals surface area contributed by atoms with Gasteiger partial charge in [-0.25, -0.2) is 9.78 Å². The number of pyridine rings is 1. The number of aromatic amines is 1. The molecule has 1 aromatic carbocycles. The minimum Gasteiger partial charge on any atom is -0.465 e. The molecule has 0 aliphatic rings. The fourth-order valence-electron chi connectivity index (χ4n) is 1.99. The molecule has 3 aromatic rings. The third-order valence-corrected chi connectivity index (χ3v) is 3.27. The van der Waals surface area contributed by atoms with Crippen molar-refractivity contribution in [2.24, 2.45) is 0 Å². The Balaban J connectivity index is 2.34. The van der Waals surface area contributed by atoms with E-state index < -0.39 is 0 Å². The van der Waals surface area contributed by atoms with E-state index in [0.717, 1.165) is 26.4 Å². The number of nitrogens with one attached hydrogen (secondary N) is 1. The van der Waals surface area contributed by atoms with Crippen LogP contribution in [0.5, 0.6) is 0 Å². The number of benzene rings is 1. The summed E-state index contributed by atoms with van der Waals surface area (Å²) in [6.45, 7) is 0. The van der Waals surface area contributed by atoms with Crippen molar-refractivity contribution < 1.29 is 9.53 Å². The Morgan fingerprint density at radius 2 is 2.17 bits per heavy atom. The van der Waals surface area contributed by atoms with E-state index >= 15 is 0 Å². The second-order valence-corrected chi connectivity index (χ2v) is 4.84. The Morgan fingerprint density at radius 1 is 1.33 bits per heavy atom. The van der Waals surface area contributed by atoms with Crippen LogP contribution in [0.1, 0.15) is 10.4 Å². The normalized spacial score (nSPS) is 11.0. The second kappa shape index (κ2) is 4.10. The van der Waals surface area contributed by atoms with Crippen molar-refractivity contribution in [2.75, 3.05) is 7.11 Å². The number of rotatable bonds is 1. The molecule has 90 valence electrons. The van der Waals surface area contributed by atoms with E-state index in [9.17, 15) is 4.79 Å². The highest BCUT2D eigenvalue weighted by Gasteiger charge is 2.10. The van der Waals surface area contributed by atoms with Gasteiger partial charge in [-0.05, 0) is 40.2 Å². The predicted molar refractivity (Wildman–Crippen MR) is 72.6 cm³/mol. The molecule has 0 fully saturated rings. The molecule has 5 heteroatoms. The number of esters is 1. The number of halogens is 1. The Labute approximate surface area is 111 Å². The molecule has 0 atom stereocenters. The molecule has 2 heterocycles. The summed E-state index contributed by atoms with van der Waals surface area (Å²) < 4.78 is 5.63. The summed E-state index contributed by atoms with van der Waals surface area (Å²) in [5.74, 6) is -0.339. The first-order valence-electron chi connectivity index (χ1n) is 5.34. The molecule has 0 unspecified atom stereocenters. The number of nitrogens with zero attached hydrogens (tertiary/aromatic N) is 1. The van der Waals surface area contributed by atoms with Crippen molar-refractivity contribution in [3.8, 4) is 0 Å². The highest BCUT2D eigenvalue weighted by Crippen LogP contribution is 2.27. The van der Waals surface area contributed by atoms with Gasteiger partial charge in [0.2, 0.25) is 0 Å². The molecule has 18 heavy (non-hydrogen) atoms. The van der Waals surface area contributed by atoms with Gasteiger partial charge in [0.25, 0.3) is 0 Å². The molecular formula is C13H9BrN2O2. The van der Waals surface area contributed by atoms with Gasteiger partial charge in [0, 0.05) is 27.0 Å². The fourth-order valence-corrected chi connectivity index (χ4v) is 2.32. The number of carbonyl (C=O) groups is 1. The van der Waals surface area contributed by atoms with E-state index in [2.05, 4.69) is 25.9 Å².